The van der Waals surface area contributed by atoms with Crippen LogP contribution in [0, 0.1) is 11.8 Å². The average Bonchev–Trinajstić information content (AvgIpc) is 3.13. The number of urea groups is 1. The molecule has 1 atom stereocenters. The Kier molecular flexibility index (Phi) is 6.12. The molecule has 1 rings (SSSR count). The van der Waals surface area contributed by atoms with Gasteiger partial charge in [0.25, 0.3) is 0 Å². The zero-order valence-electron chi connectivity index (χ0n) is 12.2. The lowest BCUT2D eigenvalue weighted by molar-refractivity contribution is -0.141. The van der Waals surface area contributed by atoms with Gasteiger partial charge >= 0.3 is 12.0 Å². The van der Waals surface area contributed by atoms with E-state index >= 15 is 0 Å². The molecule has 0 aromatic rings. The number of hydrogen-bond acceptors (Lipinski definition) is 2. The lowest BCUT2D eigenvalue weighted by atomic mass is 10.1. The van der Waals surface area contributed by atoms with Crippen molar-refractivity contribution in [1.29, 1.82) is 0 Å². The lowest BCUT2D eigenvalue weighted by Gasteiger charge is -2.24. The number of nitrogens with zero attached hydrogens (tertiary/aromatic N) is 1. The number of carboxylic acids is 1. The van der Waals surface area contributed by atoms with E-state index in [0.717, 1.165) is 25.8 Å². The highest BCUT2D eigenvalue weighted by molar-refractivity contribution is 5.76. The third-order valence-corrected chi connectivity index (χ3v) is 3.54. The van der Waals surface area contributed by atoms with Crippen LogP contribution in [0.2, 0.25) is 0 Å². The van der Waals surface area contributed by atoms with Gasteiger partial charge in [0.05, 0.1) is 5.92 Å². The van der Waals surface area contributed by atoms with Crippen molar-refractivity contribution in [3.8, 4) is 0 Å². The molecule has 2 N–H and O–H groups in total. The molecule has 1 aliphatic rings. The maximum atomic E-state index is 12.1. The minimum atomic E-state index is -0.844. The van der Waals surface area contributed by atoms with Gasteiger partial charge in [0, 0.05) is 19.1 Å². The molecule has 0 aliphatic heterocycles. The quantitative estimate of drug-likeness (QED) is 0.711. The predicted octanol–water partition coefficient (Wildman–Crippen LogP) is 2.32. The van der Waals surface area contributed by atoms with E-state index in [1.165, 1.54) is 0 Å². The minimum Gasteiger partial charge on any atom is -0.481 e. The summed E-state index contributed by atoms with van der Waals surface area (Å²) in [6.45, 7) is 7.08. The molecule has 19 heavy (non-hydrogen) atoms. The Morgan fingerprint density at radius 2 is 2.00 bits per heavy atom. The van der Waals surface area contributed by atoms with Gasteiger partial charge in [0.15, 0.2) is 0 Å². The number of carboxylic acid groups (broad SMARTS) is 1. The van der Waals surface area contributed by atoms with Gasteiger partial charge in [-0.3, -0.25) is 4.79 Å². The highest BCUT2D eigenvalue weighted by atomic mass is 16.4. The molecule has 2 amide bonds. The van der Waals surface area contributed by atoms with Gasteiger partial charge in [0.1, 0.15) is 0 Å². The van der Waals surface area contributed by atoms with Gasteiger partial charge in [-0.05, 0) is 31.6 Å². The summed E-state index contributed by atoms with van der Waals surface area (Å²) in [5.74, 6) is -0.769. The molecule has 1 saturated carbocycles. The van der Waals surface area contributed by atoms with Gasteiger partial charge in [0.2, 0.25) is 0 Å². The van der Waals surface area contributed by atoms with E-state index in [9.17, 15) is 9.59 Å². The van der Waals surface area contributed by atoms with Crippen molar-refractivity contribution in [2.24, 2.45) is 11.8 Å². The van der Waals surface area contributed by atoms with Crippen LogP contribution in [-0.2, 0) is 4.79 Å². The number of carbonyl (C=O) groups is 2. The molecule has 0 saturated heterocycles. The van der Waals surface area contributed by atoms with Crippen molar-refractivity contribution in [3.63, 3.8) is 0 Å². The third kappa shape index (κ3) is 5.49. The van der Waals surface area contributed by atoms with Crippen molar-refractivity contribution < 1.29 is 14.7 Å². The van der Waals surface area contributed by atoms with Gasteiger partial charge in [-0.25, -0.2) is 4.79 Å². The second kappa shape index (κ2) is 7.36. The predicted molar refractivity (Wildman–Crippen MR) is 74.0 cm³/mol. The van der Waals surface area contributed by atoms with Crippen molar-refractivity contribution in [2.75, 3.05) is 13.1 Å². The number of hydrogen-bond donors (Lipinski definition) is 2. The van der Waals surface area contributed by atoms with Crippen LogP contribution in [0.4, 0.5) is 4.79 Å². The summed E-state index contributed by atoms with van der Waals surface area (Å²) in [5.41, 5.74) is 0. The van der Waals surface area contributed by atoms with E-state index in [-0.39, 0.29) is 12.6 Å². The highest BCUT2D eigenvalue weighted by Crippen LogP contribution is 2.27. The Hall–Kier alpha value is -1.26. The molecular weight excluding hydrogens is 244 g/mol. The summed E-state index contributed by atoms with van der Waals surface area (Å²) in [7, 11) is 0. The van der Waals surface area contributed by atoms with Crippen LogP contribution in [0.15, 0.2) is 0 Å². The molecule has 1 aliphatic carbocycles. The Bertz CT molecular complexity index is 314. The summed E-state index contributed by atoms with van der Waals surface area (Å²) < 4.78 is 0. The van der Waals surface area contributed by atoms with Crippen LogP contribution in [0.25, 0.3) is 0 Å². The van der Waals surface area contributed by atoms with E-state index in [1.807, 2.05) is 11.8 Å². The van der Waals surface area contributed by atoms with Crippen molar-refractivity contribution in [1.82, 2.24) is 10.2 Å². The normalized spacial score (nSPS) is 16.2. The molecule has 1 unspecified atom stereocenters. The zero-order chi connectivity index (χ0) is 14.4. The van der Waals surface area contributed by atoms with Gasteiger partial charge in [-0.15, -0.1) is 0 Å². The molecule has 5 nitrogen and oxygen atoms in total. The lowest BCUT2D eigenvalue weighted by Crippen LogP contribution is -2.44. The largest absolute Gasteiger partial charge is 0.481 e. The van der Waals surface area contributed by atoms with E-state index < -0.39 is 11.9 Å². The summed E-state index contributed by atoms with van der Waals surface area (Å²) in [5, 5.41) is 11.7. The van der Waals surface area contributed by atoms with E-state index in [2.05, 4.69) is 19.2 Å². The fraction of sp³-hybridized carbons (Fsp3) is 0.857. The molecule has 0 aromatic carbocycles. The molecule has 0 aromatic heterocycles. The monoisotopic (exact) mass is 270 g/mol. The van der Waals surface area contributed by atoms with Crippen LogP contribution in [0.5, 0.6) is 0 Å². The minimum absolute atomic E-state index is 0.108. The smallest absolute Gasteiger partial charge is 0.317 e. The van der Waals surface area contributed by atoms with E-state index in [4.69, 9.17) is 5.11 Å². The summed E-state index contributed by atoms with van der Waals surface area (Å²) in [6.07, 6.45) is 3.66. The second-order valence-electron chi connectivity index (χ2n) is 5.74. The van der Waals surface area contributed by atoms with Crippen LogP contribution in [0.3, 0.4) is 0 Å². The first kappa shape index (κ1) is 15.8. The Morgan fingerprint density at radius 3 is 2.42 bits per heavy atom. The molecule has 0 bridgehead atoms. The number of amides is 2. The molecule has 5 heteroatoms. The summed E-state index contributed by atoms with van der Waals surface area (Å²) in [6, 6.07) is 0.256. The summed E-state index contributed by atoms with van der Waals surface area (Å²) in [4.78, 5) is 24.9. The topological polar surface area (TPSA) is 69.6 Å². The van der Waals surface area contributed by atoms with Crippen molar-refractivity contribution in [3.05, 3.63) is 0 Å². The number of nitrogens with one attached hydrogen (secondary N) is 1. The summed E-state index contributed by atoms with van der Waals surface area (Å²) >= 11 is 0. The van der Waals surface area contributed by atoms with Gasteiger partial charge in [-0.2, -0.15) is 0 Å². The van der Waals surface area contributed by atoms with Crippen LogP contribution in [0.1, 0.15) is 46.5 Å². The van der Waals surface area contributed by atoms with Crippen LogP contribution in [-0.4, -0.2) is 41.1 Å². The van der Waals surface area contributed by atoms with E-state index in [0.29, 0.717) is 18.4 Å². The van der Waals surface area contributed by atoms with Crippen molar-refractivity contribution >= 4 is 12.0 Å². The maximum Gasteiger partial charge on any atom is 0.317 e. The fourth-order valence-corrected chi connectivity index (χ4v) is 1.95. The standard InChI is InChI=1S/C14H26N2O3/c1-4-11(13(17)18)9-15-14(19)16(12-5-6-12)8-7-10(2)3/h10-12H,4-9H2,1-3H3,(H,15,19)(H,17,18). The first-order valence-electron chi connectivity index (χ1n) is 7.23. The van der Waals surface area contributed by atoms with Gasteiger partial charge < -0.3 is 15.3 Å². The highest BCUT2D eigenvalue weighted by Gasteiger charge is 2.32. The molecule has 0 radical (unpaired) electrons. The number of aliphatic carboxylic acids is 1. The first-order valence-corrected chi connectivity index (χ1v) is 7.23. The molecule has 0 spiro atoms. The Morgan fingerprint density at radius 1 is 1.37 bits per heavy atom. The Balaban J connectivity index is 2.41. The SMILES string of the molecule is CCC(CNC(=O)N(CCC(C)C)C1CC1)C(=O)O. The van der Waals surface area contributed by atoms with Crippen molar-refractivity contribution in [2.45, 2.75) is 52.5 Å². The molecule has 110 valence electrons. The third-order valence-electron chi connectivity index (χ3n) is 3.54. The number of carbonyl (C=O) groups excluding carboxylic acids is 1. The molecule has 1 fully saturated rings. The van der Waals surface area contributed by atoms with Crippen LogP contribution < -0.4 is 5.32 Å². The van der Waals surface area contributed by atoms with Crippen LogP contribution >= 0.6 is 0 Å². The Labute approximate surface area is 115 Å². The zero-order valence-corrected chi connectivity index (χ0v) is 12.2. The fourth-order valence-electron chi connectivity index (χ4n) is 1.95. The second-order valence-corrected chi connectivity index (χ2v) is 5.74. The average molecular weight is 270 g/mol. The molecular formula is C14H26N2O3. The maximum absolute atomic E-state index is 12.1. The number of rotatable bonds is 8. The van der Waals surface area contributed by atoms with E-state index in [1.54, 1.807) is 0 Å². The van der Waals surface area contributed by atoms with Gasteiger partial charge in [-0.1, -0.05) is 20.8 Å². The molecule has 0 heterocycles. The first-order chi connectivity index (χ1) is 8.95.